The summed E-state index contributed by atoms with van der Waals surface area (Å²) in [5.41, 5.74) is 3.47. The molecule has 0 saturated carbocycles. The monoisotopic (exact) mass is 345 g/mol. The van der Waals surface area contributed by atoms with E-state index in [0.717, 1.165) is 27.7 Å². The maximum absolute atomic E-state index is 12.5. The van der Waals surface area contributed by atoms with Gasteiger partial charge in [0.2, 0.25) is 0 Å². The number of ether oxygens (including phenoxy) is 2. The number of benzene rings is 2. The minimum absolute atomic E-state index is 0.302. The molecular weight excluding hydrogens is 326 g/mol. The number of esters is 1. The highest BCUT2D eigenvalue weighted by atomic mass is 16.5. The molecule has 0 aliphatic rings. The van der Waals surface area contributed by atoms with Crippen LogP contribution in [-0.2, 0) is 11.3 Å². The smallest absolute Gasteiger partial charge is 0.340 e. The molecule has 0 unspecified atom stereocenters. The van der Waals surface area contributed by atoms with E-state index in [1.54, 1.807) is 0 Å². The van der Waals surface area contributed by atoms with Crippen LogP contribution in [-0.4, -0.2) is 17.0 Å². The lowest BCUT2D eigenvalue weighted by atomic mass is 10.1. The van der Waals surface area contributed by atoms with E-state index in [0.29, 0.717) is 18.8 Å². The number of rotatable bonds is 5. The zero-order valence-electron chi connectivity index (χ0n) is 14.5. The number of aromatic nitrogens is 1. The molecule has 130 valence electrons. The van der Waals surface area contributed by atoms with Crippen LogP contribution in [0.25, 0.3) is 16.4 Å². The van der Waals surface area contributed by atoms with Crippen LogP contribution < -0.4 is 4.74 Å². The topological polar surface area (TPSA) is 39.9 Å². The number of hydrogen-bond donors (Lipinski definition) is 0. The zero-order valence-corrected chi connectivity index (χ0v) is 14.5. The quantitative estimate of drug-likeness (QED) is 0.486. The fourth-order valence-electron chi connectivity index (χ4n) is 3.17. The highest BCUT2D eigenvalue weighted by Crippen LogP contribution is 2.30. The van der Waals surface area contributed by atoms with Crippen molar-refractivity contribution >= 4 is 22.4 Å². The van der Waals surface area contributed by atoms with E-state index in [4.69, 9.17) is 9.47 Å². The Bertz CT molecular complexity index is 1070. The molecule has 0 N–H and O–H groups in total. The highest BCUT2D eigenvalue weighted by molar-refractivity contribution is 6.11. The normalized spacial score (nSPS) is 11.0. The third-order valence-corrected chi connectivity index (χ3v) is 4.34. The summed E-state index contributed by atoms with van der Waals surface area (Å²) in [5, 5.41) is 0.863. The Labute approximate surface area is 151 Å². The predicted octanol–water partition coefficient (Wildman–Crippen LogP) is 4.85. The van der Waals surface area contributed by atoms with Crippen molar-refractivity contribution in [2.45, 2.75) is 13.5 Å². The fourth-order valence-corrected chi connectivity index (χ4v) is 3.17. The second kappa shape index (κ2) is 6.92. The van der Waals surface area contributed by atoms with Gasteiger partial charge in [-0.25, -0.2) is 4.79 Å². The van der Waals surface area contributed by atoms with Crippen molar-refractivity contribution < 1.29 is 14.3 Å². The van der Waals surface area contributed by atoms with Crippen LogP contribution in [0.2, 0.25) is 0 Å². The van der Waals surface area contributed by atoms with Gasteiger partial charge < -0.3 is 13.9 Å². The van der Waals surface area contributed by atoms with Crippen LogP contribution in [0.1, 0.15) is 22.8 Å². The van der Waals surface area contributed by atoms with E-state index in [9.17, 15) is 4.79 Å². The molecule has 4 nitrogen and oxygen atoms in total. The molecule has 0 fully saturated rings. The van der Waals surface area contributed by atoms with Crippen LogP contribution in [0.3, 0.4) is 0 Å². The standard InChI is InChI=1S/C22H19NO3/c1-2-25-22(24)21-18-12-11-17(26-15-16-8-4-3-5-9-16)14-20(18)23-13-7-6-10-19(21)23/h3-14H,2,15H2,1H3. The first kappa shape index (κ1) is 16.2. The molecule has 0 bridgehead atoms. The van der Waals surface area contributed by atoms with Crippen LogP contribution in [0.15, 0.2) is 72.9 Å². The first-order chi connectivity index (χ1) is 12.8. The molecule has 4 aromatic rings. The average Bonchev–Trinajstić information content (AvgIpc) is 3.01. The molecule has 0 saturated heterocycles. The lowest BCUT2D eigenvalue weighted by Crippen LogP contribution is -2.04. The first-order valence-electron chi connectivity index (χ1n) is 8.64. The molecular formula is C22H19NO3. The Balaban J connectivity index is 1.76. The number of fused-ring (bicyclic) bond motifs is 3. The van der Waals surface area contributed by atoms with E-state index in [1.807, 2.05) is 84.3 Å². The lowest BCUT2D eigenvalue weighted by molar-refractivity contribution is 0.0531. The Morgan fingerprint density at radius 1 is 0.962 bits per heavy atom. The van der Waals surface area contributed by atoms with E-state index in [1.165, 1.54) is 0 Å². The summed E-state index contributed by atoms with van der Waals surface area (Å²) in [6.45, 7) is 2.66. The molecule has 0 radical (unpaired) electrons. The van der Waals surface area contributed by atoms with Crippen molar-refractivity contribution in [3.8, 4) is 5.75 Å². The van der Waals surface area contributed by atoms with Gasteiger partial charge in [0.25, 0.3) is 0 Å². The van der Waals surface area contributed by atoms with Crippen molar-refractivity contribution in [3.63, 3.8) is 0 Å². The number of nitrogens with zero attached hydrogens (tertiary/aromatic N) is 1. The number of pyridine rings is 1. The molecule has 26 heavy (non-hydrogen) atoms. The lowest BCUT2D eigenvalue weighted by Gasteiger charge is -2.07. The van der Waals surface area contributed by atoms with Crippen molar-refractivity contribution in [2.24, 2.45) is 0 Å². The summed E-state index contributed by atoms with van der Waals surface area (Å²) in [7, 11) is 0. The SMILES string of the molecule is CCOC(=O)c1c2ccc(OCc3ccccc3)cc2n2ccccc12. The van der Waals surface area contributed by atoms with Gasteiger partial charge in [0.05, 0.1) is 23.2 Å². The highest BCUT2D eigenvalue weighted by Gasteiger charge is 2.19. The van der Waals surface area contributed by atoms with Gasteiger partial charge in [-0.1, -0.05) is 36.4 Å². The second-order valence-corrected chi connectivity index (χ2v) is 6.00. The fraction of sp³-hybridized carbons (Fsp3) is 0.136. The zero-order chi connectivity index (χ0) is 17.9. The average molecular weight is 345 g/mol. The Kier molecular flexibility index (Phi) is 4.32. The van der Waals surface area contributed by atoms with Crippen molar-refractivity contribution in [2.75, 3.05) is 6.61 Å². The minimum Gasteiger partial charge on any atom is -0.489 e. The summed E-state index contributed by atoms with van der Waals surface area (Å²) in [5.74, 6) is 0.462. The Hall–Kier alpha value is -3.27. The third-order valence-electron chi connectivity index (χ3n) is 4.34. The molecule has 4 rings (SSSR count). The van der Waals surface area contributed by atoms with Gasteiger partial charge in [0.15, 0.2) is 0 Å². The largest absolute Gasteiger partial charge is 0.489 e. The molecule has 2 aromatic carbocycles. The van der Waals surface area contributed by atoms with Crippen LogP contribution in [0.5, 0.6) is 5.75 Å². The predicted molar refractivity (Wildman–Crippen MR) is 102 cm³/mol. The van der Waals surface area contributed by atoms with Gasteiger partial charge >= 0.3 is 5.97 Å². The van der Waals surface area contributed by atoms with E-state index in [-0.39, 0.29) is 5.97 Å². The van der Waals surface area contributed by atoms with Crippen molar-refractivity contribution in [1.29, 1.82) is 0 Å². The summed E-state index contributed by atoms with van der Waals surface area (Å²) < 4.78 is 13.2. The van der Waals surface area contributed by atoms with Gasteiger partial charge in [-0.3, -0.25) is 0 Å². The van der Waals surface area contributed by atoms with Gasteiger partial charge in [-0.15, -0.1) is 0 Å². The number of carbonyl (C=O) groups is 1. The van der Waals surface area contributed by atoms with E-state index < -0.39 is 0 Å². The van der Waals surface area contributed by atoms with Crippen molar-refractivity contribution in [1.82, 2.24) is 4.40 Å². The maximum Gasteiger partial charge on any atom is 0.340 e. The molecule has 0 atom stereocenters. The number of carbonyl (C=O) groups excluding carboxylic acids is 1. The van der Waals surface area contributed by atoms with E-state index in [2.05, 4.69) is 0 Å². The van der Waals surface area contributed by atoms with Crippen LogP contribution >= 0.6 is 0 Å². The van der Waals surface area contributed by atoms with Gasteiger partial charge in [0, 0.05) is 17.6 Å². The van der Waals surface area contributed by atoms with Gasteiger partial charge in [0.1, 0.15) is 12.4 Å². The minimum atomic E-state index is -0.302. The summed E-state index contributed by atoms with van der Waals surface area (Å²) >= 11 is 0. The first-order valence-corrected chi connectivity index (χ1v) is 8.64. The second-order valence-electron chi connectivity index (χ2n) is 6.00. The molecule has 2 aromatic heterocycles. The van der Waals surface area contributed by atoms with Gasteiger partial charge in [-0.2, -0.15) is 0 Å². The van der Waals surface area contributed by atoms with Crippen LogP contribution in [0.4, 0.5) is 0 Å². The Morgan fingerprint density at radius 3 is 2.58 bits per heavy atom. The third kappa shape index (κ3) is 2.90. The number of hydrogen-bond acceptors (Lipinski definition) is 3. The summed E-state index contributed by atoms with van der Waals surface area (Å²) in [4.78, 5) is 12.5. The maximum atomic E-state index is 12.5. The molecule has 0 spiro atoms. The molecule has 4 heteroatoms. The molecule has 0 aliphatic heterocycles. The summed E-state index contributed by atoms with van der Waals surface area (Å²) in [6, 6.07) is 21.6. The molecule has 2 heterocycles. The van der Waals surface area contributed by atoms with Crippen LogP contribution in [0, 0.1) is 0 Å². The molecule has 0 aliphatic carbocycles. The van der Waals surface area contributed by atoms with Crippen molar-refractivity contribution in [3.05, 3.63) is 84.1 Å². The Morgan fingerprint density at radius 2 is 1.77 bits per heavy atom. The molecule has 0 amide bonds. The summed E-state index contributed by atoms with van der Waals surface area (Å²) in [6.07, 6.45) is 1.95. The van der Waals surface area contributed by atoms with Gasteiger partial charge in [-0.05, 0) is 36.8 Å². The van der Waals surface area contributed by atoms with E-state index >= 15 is 0 Å².